The third-order valence-corrected chi connectivity index (χ3v) is 6.02. The molecule has 0 spiro atoms. The van der Waals surface area contributed by atoms with Crippen LogP contribution in [0.25, 0.3) is 10.9 Å². The summed E-state index contributed by atoms with van der Waals surface area (Å²) in [5.74, 6) is 0.522. The fraction of sp³-hybridized carbons (Fsp3) is 0.375. The summed E-state index contributed by atoms with van der Waals surface area (Å²) in [5, 5.41) is 3.77. The number of hydrogen-bond acceptors (Lipinski definition) is 6. The molecule has 1 amide bonds. The minimum Gasteiger partial charge on any atom is -0.495 e. The van der Waals surface area contributed by atoms with Gasteiger partial charge in [0.05, 0.1) is 36.5 Å². The molecule has 1 aromatic heterocycles. The smallest absolute Gasteiger partial charge is 0.266 e. The van der Waals surface area contributed by atoms with Gasteiger partial charge in [0.15, 0.2) is 0 Å². The van der Waals surface area contributed by atoms with E-state index in [0.717, 1.165) is 11.8 Å². The van der Waals surface area contributed by atoms with Gasteiger partial charge in [-0.15, -0.1) is 0 Å². The molecule has 0 unspecified atom stereocenters. The number of hydrogen-bond donors (Lipinski definition) is 1. The molecule has 1 aliphatic rings. The Morgan fingerprint density at radius 2 is 1.88 bits per heavy atom. The summed E-state index contributed by atoms with van der Waals surface area (Å²) >= 11 is 0. The Balaban J connectivity index is 1.73. The molecule has 1 N–H and O–H groups in total. The topological polar surface area (TPSA) is 70.6 Å². The number of anilines is 2. The molecule has 2 aromatic carbocycles. The number of carbonyl (C=O) groups is 1. The second-order valence-electron chi connectivity index (χ2n) is 8.31. The lowest BCUT2D eigenvalue weighted by Gasteiger charge is -2.34. The number of ether oxygens (including phenoxy) is 1. The van der Waals surface area contributed by atoms with E-state index in [2.05, 4.69) is 15.3 Å². The lowest BCUT2D eigenvalue weighted by molar-refractivity contribution is -0.129. The number of alkyl halides is 2. The summed E-state index contributed by atoms with van der Waals surface area (Å²) in [6, 6.07) is 6.93. The van der Waals surface area contributed by atoms with E-state index < -0.39 is 23.8 Å². The number of fused-ring (bicyclic) bond motifs is 1. The SMILES string of the molecule is COc1cc2c(N[C@H](C)c3cccc(C(F)F)c3F)nc(C)nc2cc1N1CCN(C)C(=O)C1. The van der Waals surface area contributed by atoms with E-state index in [9.17, 15) is 18.0 Å². The molecule has 4 rings (SSSR count). The van der Waals surface area contributed by atoms with Crippen LogP contribution in [0.2, 0.25) is 0 Å². The van der Waals surface area contributed by atoms with Crippen molar-refractivity contribution >= 4 is 28.3 Å². The predicted octanol–water partition coefficient (Wildman–Crippen LogP) is 4.48. The number of methoxy groups -OCH3 is 1. The predicted molar refractivity (Wildman–Crippen MR) is 124 cm³/mol. The van der Waals surface area contributed by atoms with Gasteiger partial charge in [-0.3, -0.25) is 4.79 Å². The summed E-state index contributed by atoms with van der Waals surface area (Å²) in [4.78, 5) is 24.9. The van der Waals surface area contributed by atoms with Gasteiger partial charge in [0.2, 0.25) is 5.91 Å². The first-order valence-electron chi connectivity index (χ1n) is 10.9. The molecule has 0 saturated carbocycles. The number of aromatic nitrogens is 2. The van der Waals surface area contributed by atoms with E-state index in [1.165, 1.54) is 12.1 Å². The molecule has 0 radical (unpaired) electrons. The average Bonchev–Trinajstić information content (AvgIpc) is 2.79. The van der Waals surface area contributed by atoms with Crippen molar-refractivity contribution in [3.05, 3.63) is 53.1 Å². The maximum atomic E-state index is 14.7. The van der Waals surface area contributed by atoms with Gasteiger partial charge in [0, 0.05) is 31.1 Å². The lowest BCUT2D eigenvalue weighted by Crippen LogP contribution is -2.48. The van der Waals surface area contributed by atoms with Crippen molar-refractivity contribution in [1.82, 2.24) is 14.9 Å². The molecule has 1 fully saturated rings. The summed E-state index contributed by atoms with van der Waals surface area (Å²) in [7, 11) is 3.31. The van der Waals surface area contributed by atoms with Crippen molar-refractivity contribution in [3.63, 3.8) is 0 Å². The molecule has 7 nitrogen and oxygen atoms in total. The Morgan fingerprint density at radius 3 is 2.56 bits per heavy atom. The van der Waals surface area contributed by atoms with Crippen LogP contribution in [0.4, 0.5) is 24.7 Å². The standard InChI is InChI=1S/C24H26F3N5O2/c1-13(15-6-5-7-16(22(15)25)23(26)27)28-24-17-10-20(34-4)19(11-18(17)29-14(2)30-24)32-9-8-31(3)21(33)12-32/h5-7,10-11,13,23H,8-9,12H2,1-4H3,(H,28,29,30)/t13-/m1/s1. The zero-order valence-electron chi connectivity index (χ0n) is 19.4. The Morgan fingerprint density at radius 1 is 1.15 bits per heavy atom. The monoisotopic (exact) mass is 473 g/mol. The van der Waals surface area contributed by atoms with Crippen LogP contribution in [0.5, 0.6) is 5.75 Å². The number of aryl methyl sites for hydroxylation is 1. The molecule has 1 atom stereocenters. The number of nitrogens with zero attached hydrogens (tertiary/aromatic N) is 4. The van der Waals surface area contributed by atoms with E-state index in [0.29, 0.717) is 41.4 Å². The van der Waals surface area contributed by atoms with Crippen molar-refractivity contribution in [2.75, 3.05) is 44.0 Å². The van der Waals surface area contributed by atoms with Crippen molar-refractivity contribution in [3.8, 4) is 5.75 Å². The van der Waals surface area contributed by atoms with Crippen molar-refractivity contribution in [2.45, 2.75) is 26.3 Å². The molecule has 2 heterocycles. The summed E-state index contributed by atoms with van der Waals surface area (Å²) in [5.41, 5.74) is 0.833. The zero-order chi connectivity index (χ0) is 24.6. The van der Waals surface area contributed by atoms with Crippen LogP contribution >= 0.6 is 0 Å². The number of amides is 1. The number of nitrogens with one attached hydrogen (secondary N) is 1. The molecule has 0 aliphatic carbocycles. The Kier molecular flexibility index (Phi) is 6.49. The van der Waals surface area contributed by atoms with Crippen LogP contribution in [0, 0.1) is 12.7 Å². The van der Waals surface area contributed by atoms with Crippen LogP contribution in [-0.4, -0.2) is 54.6 Å². The van der Waals surface area contributed by atoms with Gasteiger partial charge in [-0.1, -0.05) is 18.2 Å². The van der Waals surface area contributed by atoms with E-state index in [-0.39, 0.29) is 18.0 Å². The minimum absolute atomic E-state index is 0.0107. The van der Waals surface area contributed by atoms with Crippen LogP contribution in [0.15, 0.2) is 30.3 Å². The molecule has 34 heavy (non-hydrogen) atoms. The van der Waals surface area contributed by atoms with Crippen molar-refractivity contribution in [1.29, 1.82) is 0 Å². The molecular formula is C24H26F3N5O2. The van der Waals surface area contributed by atoms with Gasteiger partial charge in [0.25, 0.3) is 6.43 Å². The van der Waals surface area contributed by atoms with Gasteiger partial charge in [0.1, 0.15) is 23.2 Å². The van der Waals surface area contributed by atoms with E-state index in [4.69, 9.17) is 4.74 Å². The maximum Gasteiger partial charge on any atom is 0.266 e. The number of carbonyl (C=O) groups excluding carboxylic acids is 1. The highest BCUT2D eigenvalue weighted by atomic mass is 19.3. The van der Waals surface area contributed by atoms with Gasteiger partial charge in [-0.2, -0.15) is 0 Å². The second kappa shape index (κ2) is 9.36. The fourth-order valence-electron chi connectivity index (χ4n) is 4.10. The largest absolute Gasteiger partial charge is 0.495 e. The molecule has 3 aromatic rings. The van der Waals surface area contributed by atoms with Crippen LogP contribution in [0.3, 0.4) is 0 Å². The normalized spacial score (nSPS) is 15.2. The Labute approximate surface area is 195 Å². The first kappa shape index (κ1) is 23.6. The van der Waals surface area contributed by atoms with Gasteiger partial charge in [-0.25, -0.2) is 23.1 Å². The quantitative estimate of drug-likeness (QED) is 0.570. The van der Waals surface area contributed by atoms with Crippen LogP contribution in [-0.2, 0) is 4.79 Å². The van der Waals surface area contributed by atoms with E-state index >= 15 is 0 Å². The average molecular weight is 473 g/mol. The molecule has 1 saturated heterocycles. The van der Waals surface area contributed by atoms with E-state index in [1.807, 2.05) is 11.0 Å². The highest BCUT2D eigenvalue weighted by Gasteiger charge is 2.25. The lowest BCUT2D eigenvalue weighted by atomic mass is 10.0. The van der Waals surface area contributed by atoms with E-state index in [1.54, 1.807) is 39.0 Å². The number of piperazine rings is 1. The molecule has 180 valence electrons. The fourth-order valence-corrected chi connectivity index (χ4v) is 4.10. The van der Waals surface area contributed by atoms with Crippen molar-refractivity contribution in [2.24, 2.45) is 0 Å². The second-order valence-corrected chi connectivity index (χ2v) is 8.31. The molecule has 1 aliphatic heterocycles. The first-order chi connectivity index (χ1) is 16.2. The highest BCUT2D eigenvalue weighted by molar-refractivity contribution is 5.95. The first-order valence-corrected chi connectivity index (χ1v) is 10.9. The van der Waals surface area contributed by atoms with Crippen LogP contribution in [0.1, 0.15) is 36.3 Å². The molecule has 10 heteroatoms. The zero-order valence-corrected chi connectivity index (χ0v) is 19.4. The number of halogens is 3. The number of benzene rings is 2. The highest BCUT2D eigenvalue weighted by Crippen LogP contribution is 2.37. The van der Waals surface area contributed by atoms with Crippen molar-refractivity contribution < 1.29 is 22.7 Å². The number of likely N-dealkylation sites (N-methyl/N-ethyl adjacent to an activating group) is 1. The van der Waals surface area contributed by atoms with Gasteiger partial charge < -0.3 is 19.9 Å². The maximum absolute atomic E-state index is 14.7. The minimum atomic E-state index is -2.90. The molecule has 0 bridgehead atoms. The third kappa shape index (κ3) is 4.44. The Bertz CT molecular complexity index is 1240. The summed E-state index contributed by atoms with van der Waals surface area (Å²) in [6.07, 6.45) is -2.90. The summed E-state index contributed by atoms with van der Waals surface area (Å²) < 4.78 is 46.6. The van der Waals surface area contributed by atoms with Gasteiger partial charge in [-0.05, 0) is 26.0 Å². The third-order valence-electron chi connectivity index (χ3n) is 6.02. The summed E-state index contributed by atoms with van der Waals surface area (Å²) in [6.45, 7) is 4.88. The van der Waals surface area contributed by atoms with Crippen LogP contribution < -0.4 is 15.0 Å². The Hall–Kier alpha value is -3.56. The van der Waals surface area contributed by atoms with Gasteiger partial charge >= 0.3 is 0 Å². The number of rotatable bonds is 6. The molecular weight excluding hydrogens is 447 g/mol.